The topological polar surface area (TPSA) is 73.2 Å². The molecule has 0 atom stereocenters. The van der Waals surface area contributed by atoms with Crippen molar-refractivity contribution in [2.45, 2.75) is 0 Å². The molecule has 0 fully saturated rings. The van der Waals surface area contributed by atoms with Gasteiger partial charge in [0.2, 0.25) is 17.2 Å². The number of aromatic hydroxyl groups is 3. The van der Waals surface area contributed by atoms with E-state index in [2.05, 4.69) is 4.74 Å². The van der Waals surface area contributed by atoms with Crippen molar-refractivity contribution in [2.24, 2.45) is 0 Å². The Bertz CT molecular complexity index is 302. The predicted molar refractivity (Wildman–Crippen MR) is 31.5 cm³/mol. The van der Waals surface area contributed by atoms with Crippen LogP contribution >= 0.6 is 0 Å². The quantitative estimate of drug-likeness (QED) is 0.375. The fraction of sp³-hybridized carbons (Fsp3) is 0. The smallest absolute Gasteiger partial charge is 0.215 e. The average Bonchev–Trinajstić information content (AvgIpc) is 2.62. The van der Waals surface area contributed by atoms with Crippen molar-refractivity contribution in [1.29, 1.82) is 0 Å². The van der Waals surface area contributed by atoms with Gasteiger partial charge in [-0.3, -0.25) is 0 Å². The van der Waals surface area contributed by atoms with E-state index in [9.17, 15) is 0 Å². The van der Waals surface area contributed by atoms with E-state index in [1.54, 1.807) is 0 Å². The third-order valence-electron chi connectivity index (χ3n) is 1.34. The first-order valence-corrected chi connectivity index (χ1v) is 2.66. The summed E-state index contributed by atoms with van der Waals surface area (Å²) in [5, 5.41) is 26.6. The van der Waals surface area contributed by atoms with E-state index in [1.165, 1.54) is 6.07 Å². The summed E-state index contributed by atoms with van der Waals surface area (Å²) < 4.78 is 4.66. The number of ether oxygens (including phenoxy) is 1. The van der Waals surface area contributed by atoms with Crippen LogP contribution in [0, 0.1) is 0 Å². The number of phenolic OH excluding ortho intramolecular Hbond substituents is 3. The molecule has 0 radical (unpaired) electrons. The normalized spacial score (nSPS) is 12.0. The molecule has 1 aromatic rings. The van der Waals surface area contributed by atoms with Gasteiger partial charge in [-0.2, -0.15) is 0 Å². The minimum atomic E-state index is -0.531. The molecule has 1 aliphatic heterocycles. The minimum absolute atomic E-state index is 0.246. The SMILES string of the molecule is Oc1cc2c(c(O)c1O)O2. The second-order valence-corrected chi connectivity index (χ2v) is 2.02. The zero-order valence-electron chi connectivity index (χ0n) is 4.83. The summed E-state index contributed by atoms with van der Waals surface area (Å²) in [7, 11) is 0. The van der Waals surface area contributed by atoms with E-state index in [-0.39, 0.29) is 11.5 Å². The van der Waals surface area contributed by atoms with E-state index in [0.717, 1.165) is 0 Å². The highest BCUT2D eigenvalue weighted by Crippen LogP contribution is 2.59. The highest BCUT2D eigenvalue weighted by molar-refractivity contribution is 5.71. The maximum Gasteiger partial charge on any atom is 0.215 e. The molecule has 0 saturated heterocycles. The fourth-order valence-electron chi connectivity index (χ4n) is 0.766. The van der Waals surface area contributed by atoms with E-state index >= 15 is 0 Å². The van der Waals surface area contributed by atoms with Crippen LogP contribution in [0.2, 0.25) is 0 Å². The van der Waals surface area contributed by atoms with E-state index in [1.807, 2.05) is 0 Å². The van der Waals surface area contributed by atoms with Crippen LogP contribution in [-0.2, 0) is 0 Å². The van der Waals surface area contributed by atoms with Crippen molar-refractivity contribution < 1.29 is 20.1 Å². The lowest BCUT2D eigenvalue weighted by molar-refractivity contribution is 0.368. The van der Waals surface area contributed by atoms with Crippen LogP contribution in [0.4, 0.5) is 0 Å². The minimum Gasteiger partial charge on any atom is -0.504 e. The first-order valence-electron chi connectivity index (χ1n) is 2.66. The van der Waals surface area contributed by atoms with Crippen LogP contribution in [0.5, 0.6) is 28.7 Å². The standard InChI is InChI=1S/C6H4O4/c7-2-1-3-6(10-3)5(9)4(2)8/h1,7-9H. The van der Waals surface area contributed by atoms with Crippen LogP contribution in [0.1, 0.15) is 0 Å². The van der Waals surface area contributed by atoms with Crippen molar-refractivity contribution in [2.75, 3.05) is 0 Å². The molecule has 0 amide bonds. The molecule has 0 aromatic heterocycles. The highest BCUT2D eigenvalue weighted by Gasteiger charge is 2.29. The Hall–Kier alpha value is -1.58. The largest absolute Gasteiger partial charge is 0.504 e. The molecule has 1 heterocycles. The molecule has 10 heavy (non-hydrogen) atoms. The molecule has 4 heteroatoms. The van der Waals surface area contributed by atoms with E-state index < -0.39 is 11.5 Å². The Morgan fingerprint density at radius 1 is 1.10 bits per heavy atom. The van der Waals surface area contributed by atoms with Gasteiger partial charge in [0.15, 0.2) is 11.5 Å². The molecule has 4 nitrogen and oxygen atoms in total. The summed E-state index contributed by atoms with van der Waals surface area (Å²) >= 11 is 0. The highest BCUT2D eigenvalue weighted by atomic mass is 16.6. The molecule has 0 bridgehead atoms. The number of fused-ring (bicyclic) bond motifs is 1. The lowest BCUT2D eigenvalue weighted by Crippen LogP contribution is -1.63. The third-order valence-corrected chi connectivity index (χ3v) is 1.34. The predicted octanol–water partition coefficient (Wildman–Crippen LogP) is 0.909. The first kappa shape index (κ1) is 5.22. The summed E-state index contributed by atoms with van der Waals surface area (Å²) in [5.41, 5.74) is 0. The molecule has 0 aliphatic carbocycles. The van der Waals surface area contributed by atoms with E-state index in [4.69, 9.17) is 15.3 Å². The Labute approximate surface area is 55.9 Å². The lowest BCUT2D eigenvalue weighted by Gasteiger charge is -1.93. The fourth-order valence-corrected chi connectivity index (χ4v) is 0.766. The number of hydrogen-bond donors (Lipinski definition) is 3. The van der Waals surface area contributed by atoms with Crippen LogP contribution in [0.3, 0.4) is 0 Å². The summed E-state index contributed by atoms with van der Waals surface area (Å²) in [4.78, 5) is 0. The Balaban J connectivity index is 2.73. The average molecular weight is 140 g/mol. The van der Waals surface area contributed by atoms with Crippen LogP contribution < -0.4 is 4.74 Å². The van der Waals surface area contributed by atoms with Gasteiger partial charge in [-0.25, -0.2) is 0 Å². The van der Waals surface area contributed by atoms with Gasteiger partial charge in [-0.1, -0.05) is 0 Å². The van der Waals surface area contributed by atoms with Crippen molar-refractivity contribution in [1.82, 2.24) is 0 Å². The van der Waals surface area contributed by atoms with Gasteiger partial charge in [0, 0.05) is 6.07 Å². The van der Waals surface area contributed by atoms with Crippen LogP contribution in [0.15, 0.2) is 6.07 Å². The maximum atomic E-state index is 8.90. The lowest BCUT2D eigenvalue weighted by atomic mass is 10.3. The molecule has 0 unspecified atom stereocenters. The maximum absolute atomic E-state index is 8.90. The molecule has 1 aromatic carbocycles. The van der Waals surface area contributed by atoms with Crippen molar-refractivity contribution in [3.63, 3.8) is 0 Å². The first-order chi connectivity index (χ1) is 4.70. The second kappa shape index (κ2) is 1.29. The van der Waals surface area contributed by atoms with Gasteiger partial charge in [-0.05, 0) is 0 Å². The van der Waals surface area contributed by atoms with Gasteiger partial charge in [-0.15, -0.1) is 0 Å². The molecule has 2 rings (SSSR count). The zero-order valence-corrected chi connectivity index (χ0v) is 4.83. The number of phenols is 3. The molecular formula is C6H4O4. The van der Waals surface area contributed by atoms with Crippen LogP contribution in [-0.4, -0.2) is 15.3 Å². The van der Waals surface area contributed by atoms with Crippen molar-refractivity contribution >= 4 is 0 Å². The van der Waals surface area contributed by atoms with E-state index in [0.29, 0.717) is 5.75 Å². The summed E-state index contributed by atoms with van der Waals surface area (Å²) in [6.07, 6.45) is 0. The van der Waals surface area contributed by atoms with Gasteiger partial charge in [0.25, 0.3) is 0 Å². The van der Waals surface area contributed by atoms with Gasteiger partial charge in [0.05, 0.1) is 0 Å². The summed E-state index contributed by atoms with van der Waals surface area (Å²) in [5.74, 6) is -0.636. The van der Waals surface area contributed by atoms with Crippen molar-refractivity contribution in [3.8, 4) is 28.7 Å². The summed E-state index contributed by atoms with van der Waals surface area (Å²) in [6.45, 7) is 0. The monoisotopic (exact) mass is 140 g/mol. The van der Waals surface area contributed by atoms with Gasteiger partial charge < -0.3 is 20.1 Å². The Morgan fingerprint density at radius 2 is 1.80 bits per heavy atom. The van der Waals surface area contributed by atoms with Gasteiger partial charge >= 0.3 is 0 Å². The molecular weight excluding hydrogens is 136 g/mol. The molecule has 3 N–H and O–H groups in total. The second-order valence-electron chi connectivity index (χ2n) is 2.02. The molecule has 0 saturated carbocycles. The Morgan fingerprint density at radius 3 is 2.50 bits per heavy atom. The molecule has 0 spiro atoms. The zero-order chi connectivity index (χ0) is 7.30. The molecule has 1 aliphatic rings. The number of benzene rings is 1. The Kier molecular flexibility index (Phi) is 0.672. The number of hydrogen-bond acceptors (Lipinski definition) is 4. The summed E-state index contributed by atoms with van der Waals surface area (Å²) in [6, 6.07) is 1.24. The van der Waals surface area contributed by atoms with Crippen molar-refractivity contribution in [3.05, 3.63) is 6.07 Å². The van der Waals surface area contributed by atoms with Crippen LogP contribution in [0.25, 0.3) is 0 Å². The molecule has 52 valence electrons. The third kappa shape index (κ3) is 0.452. The number of rotatable bonds is 0. The van der Waals surface area contributed by atoms with Gasteiger partial charge in [0.1, 0.15) is 0 Å².